The molecule has 6 nitrogen and oxygen atoms in total. The van der Waals surface area contributed by atoms with Gasteiger partial charge < -0.3 is 5.32 Å². The molecule has 0 saturated heterocycles. The molecule has 3 rings (SSSR count). The van der Waals surface area contributed by atoms with E-state index in [-0.39, 0.29) is 5.91 Å². The van der Waals surface area contributed by atoms with Crippen molar-refractivity contribution in [3.05, 3.63) is 81.3 Å². The second-order valence-corrected chi connectivity index (χ2v) is 7.95. The van der Waals surface area contributed by atoms with Crippen molar-refractivity contribution in [1.29, 1.82) is 0 Å². The predicted octanol–water partition coefficient (Wildman–Crippen LogP) is 4.86. The number of anilines is 1. The Hall–Kier alpha value is -3.00. The van der Waals surface area contributed by atoms with Crippen molar-refractivity contribution in [2.45, 2.75) is 33.7 Å². The molecule has 0 atom stereocenters. The van der Waals surface area contributed by atoms with Crippen molar-refractivity contribution >= 4 is 33.5 Å². The second kappa shape index (κ2) is 10.3. The number of aryl methyl sites for hydroxylation is 2. The molecule has 0 fully saturated rings. The van der Waals surface area contributed by atoms with Crippen molar-refractivity contribution in [1.82, 2.24) is 15.1 Å². The first-order valence-electron chi connectivity index (χ1n) is 10.0. The highest BCUT2D eigenvalue weighted by Crippen LogP contribution is 2.15. The van der Waals surface area contributed by atoms with E-state index in [1.165, 1.54) is 29.8 Å². The Kier molecular flexibility index (Phi) is 7.57. The molecule has 1 amide bonds. The van der Waals surface area contributed by atoms with Gasteiger partial charge in [0.1, 0.15) is 5.82 Å². The summed E-state index contributed by atoms with van der Waals surface area (Å²) < 4.78 is 16.1. The number of amides is 1. The van der Waals surface area contributed by atoms with Crippen LogP contribution in [0.4, 0.5) is 10.1 Å². The fraction of sp³-hybridized carbons (Fsp3) is 0.261. The molecule has 0 radical (unpaired) electrons. The monoisotopic (exact) mass is 485 g/mol. The molecule has 0 unspecified atom stereocenters. The third kappa shape index (κ3) is 6.01. The topological polar surface area (TPSA) is 71.3 Å². The van der Waals surface area contributed by atoms with E-state index in [1.54, 1.807) is 0 Å². The van der Waals surface area contributed by atoms with Gasteiger partial charge in [0.05, 0.1) is 5.69 Å². The van der Waals surface area contributed by atoms with Crippen molar-refractivity contribution in [2.75, 3.05) is 11.9 Å². The largest absolute Gasteiger partial charge is 0.326 e. The first kappa shape index (κ1) is 22.7. The lowest BCUT2D eigenvalue weighted by molar-refractivity contribution is 0.0977. The molecule has 0 saturated carbocycles. The summed E-state index contributed by atoms with van der Waals surface area (Å²) in [4.78, 5) is 17.2. The predicted molar refractivity (Wildman–Crippen MR) is 125 cm³/mol. The number of benzene rings is 2. The van der Waals surface area contributed by atoms with Crippen molar-refractivity contribution in [3.63, 3.8) is 0 Å². The summed E-state index contributed by atoms with van der Waals surface area (Å²) in [6, 6.07) is 12.9. The number of aliphatic imine (C=N–C) groups is 1. The summed E-state index contributed by atoms with van der Waals surface area (Å²) in [5.74, 6) is -0.429. The highest BCUT2D eigenvalue weighted by Gasteiger charge is 2.12. The maximum atomic E-state index is 13.2. The van der Waals surface area contributed by atoms with Crippen LogP contribution < -0.4 is 10.6 Å². The SMILES string of the molecule is CCn1nc(C)c(CCN=C(NC(=O)c2ccc(F)cc2)Nc2ccc(Br)cc2)c1C. The summed E-state index contributed by atoms with van der Waals surface area (Å²) >= 11 is 3.41. The van der Waals surface area contributed by atoms with Crippen LogP contribution in [0, 0.1) is 19.7 Å². The molecular formula is C23H25BrFN5O. The number of carbonyl (C=O) groups excluding carboxylic acids is 1. The lowest BCUT2D eigenvalue weighted by Crippen LogP contribution is -2.36. The van der Waals surface area contributed by atoms with E-state index in [4.69, 9.17) is 0 Å². The average molecular weight is 486 g/mol. The molecule has 0 aliphatic rings. The highest BCUT2D eigenvalue weighted by molar-refractivity contribution is 9.10. The summed E-state index contributed by atoms with van der Waals surface area (Å²) in [5, 5.41) is 10.5. The van der Waals surface area contributed by atoms with E-state index in [9.17, 15) is 9.18 Å². The zero-order valence-corrected chi connectivity index (χ0v) is 19.3. The van der Waals surface area contributed by atoms with Gasteiger partial charge in [0.15, 0.2) is 0 Å². The number of rotatable bonds is 6. The minimum atomic E-state index is -0.392. The van der Waals surface area contributed by atoms with Crippen LogP contribution in [0.1, 0.15) is 34.2 Å². The number of nitrogens with one attached hydrogen (secondary N) is 2. The number of nitrogens with zero attached hydrogens (tertiary/aromatic N) is 3. The Morgan fingerprint density at radius 1 is 1.13 bits per heavy atom. The minimum absolute atomic E-state index is 0.329. The first-order chi connectivity index (χ1) is 14.9. The van der Waals surface area contributed by atoms with Crippen LogP contribution in [0.15, 0.2) is 58.0 Å². The second-order valence-electron chi connectivity index (χ2n) is 7.04. The zero-order chi connectivity index (χ0) is 22.4. The summed E-state index contributed by atoms with van der Waals surface area (Å²) in [6.45, 7) is 7.40. The first-order valence-corrected chi connectivity index (χ1v) is 10.8. The fourth-order valence-electron chi connectivity index (χ4n) is 3.24. The standard InChI is InChI=1S/C23H25BrFN5O/c1-4-30-16(3)21(15(2)29-30)13-14-26-23(27-20-11-7-18(24)8-12-20)28-22(31)17-5-9-19(25)10-6-17/h5-12H,4,13-14H2,1-3H3,(H2,26,27,28,31). The molecule has 31 heavy (non-hydrogen) atoms. The van der Waals surface area contributed by atoms with Crippen LogP contribution >= 0.6 is 15.9 Å². The molecule has 1 aromatic heterocycles. The summed E-state index contributed by atoms with van der Waals surface area (Å²) in [6.07, 6.45) is 0.704. The van der Waals surface area contributed by atoms with Crippen LogP contribution in [0.2, 0.25) is 0 Å². The molecule has 2 aromatic carbocycles. The molecular weight excluding hydrogens is 461 g/mol. The lowest BCUT2D eigenvalue weighted by Gasteiger charge is -2.12. The molecule has 0 aliphatic heterocycles. The van der Waals surface area contributed by atoms with Crippen molar-refractivity contribution in [2.24, 2.45) is 4.99 Å². The molecule has 162 valence electrons. The Bertz CT molecular complexity index is 1070. The molecule has 0 aliphatic carbocycles. The molecule has 3 aromatic rings. The van der Waals surface area contributed by atoms with E-state index in [0.29, 0.717) is 24.5 Å². The van der Waals surface area contributed by atoms with Crippen LogP contribution in [0.3, 0.4) is 0 Å². The quantitative estimate of drug-likeness (QED) is 0.386. The fourth-order valence-corrected chi connectivity index (χ4v) is 3.51. The number of halogens is 2. The maximum absolute atomic E-state index is 13.2. The molecule has 2 N–H and O–H groups in total. The Morgan fingerprint density at radius 3 is 2.42 bits per heavy atom. The van der Waals surface area contributed by atoms with E-state index >= 15 is 0 Å². The van der Waals surface area contributed by atoms with Crippen LogP contribution in [-0.4, -0.2) is 28.2 Å². The van der Waals surface area contributed by atoms with Gasteiger partial charge in [-0.15, -0.1) is 0 Å². The van der Waals surface area contributed by atoms with Gasteiger partial charge in [0, 0.05) is 34.5 Å². The molecule has 8 heteroatoms. The Morgan fingerprint density at radius 2 is 1.81 bits per heavy atom. The van der Waals surface area contributed by atoms with Crippen molar-refractivity contribution < 1.29 is 9.18 Å². The minimum Gasteiger partial charge on any atom is -0.326 e. The number of aromatic nitrogens is 2. The number of carbonyl (C=O) groups is 1. The molecule has 1 heterocycles. The normalized spacial score (nSPS) is 11.5. The van der Waals surface area contributed by atoms with E-state index in [1.807, 2.05) is 35.9 Å². The van der Waals surface area contributed by atoms with Gasteiger partial charge in [0.2, 0.25) is 5.96 Å². The van der Waals surface area contributed by atoms with Gasteiger partial charge in [-0.2, -0.15) is 5.10 Å². The third-order valence-corrected chi connectivity index (χ3v) is 5.44. The van der Waals surface area contributed by atoms with Crippen LogP contribution in [0.25, 0.3) is 0 Å². The van der Waals surface area contributed by atoms with Gasteiger partial charge in [-0.05, 0) is 81.3 Å². The van der Waals surface area contributed by atoms with Crippen LogP contribution in [-0.2, 0) is 13.0 Å². The van der Waals surface area contributed by atoms with Gasteiger partial charge in [0.25, 0.3) is 5.91 Å². The van der Waals surface area contributed by atoms with Gasteiger partial charge in [-0.3, -0.25) is 19.8 Å². The number of hydrogen-bond donors (Lipinski definition) is 2. The lowest BCUT2D eigenvalue weighted by atomic mass is 10.1. The van der Waals surface area contributed by atoms with E-state index < -0.39 is 5.82 Å². The zero-order valence-electron chi connectivity index (χ0n) is 17.7. The number of hydrogen-bond acceptors (Lipinski definition) is 3. The molecule has 0 spiro atoms. The van der Waals surface area contributed by atoms with Gasteiger partial charge >= 0.3 is 0 Å². The van der Waals surface area contributed by atoms with Gasteiger partial charge in [-0.1, -0.05) is 15.9 Å². The highest BCUT2D eigenvalue weighted by atomic mass is 79.9. The van der Waals surface area contributed by atoms with E-state index in [2.05, 4.69) is 50.5 Å². The summed E-state index contributed by atoms with van der Waals surface area (Å²) in [5.41, 5.74) is 4.42. The smallest absolute Gasteiger partial charge is 0.257 e. The van der Waals surface area contributed by atoms with Crippen LogP contribution in [0.5, 0.6) is 0 Å². The molecule has 0 bridgehead atoms. The van der Waals surface area contributed by atoms with E-state index in [0.717, 1.165) is 28.1 Å². The summed E-state index contributed by atoms with van der Waals surface area (Å²) in [7, 11) is 0. The Labute approximate surface area is 189 Å². The average Bonchev–Trinajstić information content (AvgIpc) is 3.03. The number of guanidine groups is 1. The van der Waals surface area contributed by atoms with Gasteiger partial charge in [-0.25, -0.2) is 4.39 Å². The maximum Gasteiger partial charge on any atom is 0.257 e. The van der Waals surface area contributed by atoms with Crippen molar-refractivity contribution in [3.8, 4) is 0 Å². The Balaban J connectivity index is 1.77. The third-order valence-electron chi connectivity index (χ3n) is 4.91.